The van der Waals surface area contributed by atoms with Crippen molar-refractivity contribution in [3.8, 4) is 0 Å². The van der Waals surface area contributed by atoms with Crippen LogP contribution in [0.1, 0.15) is 25.7 Å². The van der Waals surface area contributed by atoms with E-state index in [1.807, 2.05) is 0 Å². The highest BCUT2D eigenvalue weighted by molar-refractivity contribution is 8.00. The molecule has 2 atom stereocenters. The van der Waals surface area contributed by atoms with Crippen molar-refractivity contribution in [1.29, 1.82) is 0 Å². The monoisotopic (exact) mass is 281 g/mol. The van der Waals surface area contributed by atoms with E-state index in [4.69, 9.17) is 0 Å². The summed E-state index contributed by atoms with van der Waals surface area (Å²) in [5.41, 5.74) is 0.0581. The molecule has 0 radical (unpaired) electrons. The second-order valence-electron chi connectivity index (χ2n) is 4.64. The number of carboxylic acid groups (broad SMARTS) is 1. The average molecular weight is 281 g/mol. The summed E-state index contributed by atoms with van der Waals surface area (Å²) in [6.45, 7) is 0. The molecule has 0 amide bonds. The summed E-state index contributed by atoms with van der Waals surface area (Å²) in [6.07, 6.45) is 3.63. The van der Waals surface area contributed by atoms with Crippen LogP contribution in [0.5, 0.6) is 0 Å². The summed E-state index contributed by atoms with van der Waals surface area (Å²) in [7, 11) is 0. The largest absolute Gasteiger partial charge is 0.481 e. The van der Waals surface area contributed by atoms with Gasteiger partial charge in [0.2, 0.25) is 0 Å². The molecule has 0 heterocycles. The highest BCUT2D eigenvalue weighted by atomic mass is 32.2. The molecule has 1 aromatic rings. The maximum absolute atomic E-state index is 11.2. The van der Waals surface area contributed by atoms with Crippen LogP contribution in [-0.4, -0.2) is 21.2 Å². The number of carboxylic acids is 1. The Morgan fingerprint density at radius 2 is 1.89 bits per heavy atom. The van der Waals surface area contributed by atoms with Crippen molar-refractivity contribution in [1.82, 2.24) is 0 Å². The lowest BCUT2D eigenvalue weighted by molar-refractivity contribution is -0.384. The van der Waals surface area contributed by atoms with Gasteiger partial charge in [-0.2, -0.15) is 0 Å². The van der Waals surface area contributed by atoms with Crippen LogP contribution in [-0.2, 0) is 4.79 Å². The summed E-state index contributed by atoms with van der Waals surface area (Å²) >= 11 is 1.52. The molecule has 0 saturated heterocycles. The van der Waals surface area contributed by atoms with Gasteiger partial charge < -0.3 is 5.11 Å². The van der Waals surface area contributed by atoms with Crippen molar-refractivity contribution in [2.75, 3.05) is 0 Å². The van der Waals surface area contributed by atoms with Crippen LogP contribution in [0, 0.1) is 16.0 Å². The summed E-state index contributed by atoms with van der Waals surface area (Å²) in [5, 5.41) is 19.8. The fourth-order valence-corrected chi connectivity index (χ4v) is 3.69. The Morgan fingerprint density at radius 3 is 2.47 bits per heavy atom. The van der Waals surface area contributed by atoms with E-state index in [1.54, 1.807) is 12.1 Å². The fraction of sp³-hybridized carbons (Fsp3) is 0.462. The molecule has 0 bridgehead atoms. The number of hydrogen-bond acceptors (Lipinski definition) is 4. The van der Waals surface area contributed by atoms with Crippen molar-refractivity contribution in [3.05, 3.63) is 34.4 Å². The molecule has 1 aromatic carbocycles. The molecule has 2 unspecified atom stereocenters. The lowest BCUT2D eigenvalue weighted by Crippen LogP contribution is -2.28. The third-order valence-corrected chi connectivity index (χ3v) is 4.77. The SMILES string of the molecule is O=C(O)C1CCCCC1Sc1ccc([N+](=O)[O-])cc1. The van der Waals surface area contributed by atoms with Crippen LogP contribution in [0.25, 0.3) is 0 Å². The minimum atomic E-state index is -0.737. The normalized spacial score (nSPS) is 22.9. The molecular formula is C13H15NO4S. The molecule has 5 nitrogen and oxygen atoms in total. The van der Waals surface area contributed by atoms with Crippen LogP contribution in [0.4, 0.5) is 5.69 Å². The van der Waals surface area contributed by atoms with Gasteiger partial charge in [-0.25, -0.2) is 0 Å². The summed E-state index contributed by atoms with van der Waals surface area (Å²) in [5.74, 6) is -1.05. The Hall–Kier alpha value is -1.56. The van der Waals surface area contributed by atoms with E-state index in [1.165, 1.54) is 23.9 Å². The zero-order valence-corrected chi connectivity index (χ0v) is 11.1. The highest BCUT2D eigenvalue weighted by Gasteiger charge is 2.31. The molecule has 1 saturated carbocycles. The van der Waals surface area contributed by atoms with E-state index in [9.17, 15) is 20.0 Å². The van der Waals surface area contributed by atoms with Gasteiger partial charge in [0.1, 0.15) is 0 Å². The Kier molecular flexibility index (Phi) is 4.42. The van der Waals surface area contributed by atoms with E-state index < -0.39 is 10.9 Å². The smallest absolute Gasteiger partial charge is 0.307 e. The number of carbonyl (C=O) groups is 1. The lowest BCUT2D eigenvalue weighted by Gasteiger charge is -2.27. The molecular weight excluding hydrogens is 266 g/mol. The van der Waals surface area contributed by atoms with E-state index in [2.05, 4.69) is 0 Å². The van der Waals surface area contributed by atoms with Gasteiger partial charge in [0, 0.05) is 22.3 Å². The molecule has 0 aliphatic heterocycles. The maximum Gasteiger partial charge on any atom is 0.307 e. The van der Waals surface area contributed by atoms with Crippen LogP contribution >= 0.6 is 11.8 Å². The summed E-state index contributed by atoms with van der Waals surface area (Å²) < 4.78 is 0. The van der Waals surface area contributed by atoms with Crippen molar-refractivity contribution < 1.29 is 14.8 Å². The number of thioether (sulfide) groups is 1. The van der Waals surface area contributed by atoms with Crippen molar-refractivity contribution in [3.63, 3.8) is 0 Å². The number of hydrogen-bond donors (Lipinski definition) is 1. The van der Waals surface area contributed by atoms with E-state index in [0.29, 0.717) is 0 Å². The molecule has 2 rings (SSSR count). The van der Waals surface area contributed by atoms with Gasteiger partial charge in [0.05, 0.1) is 10.8 Å². The number of nitro benzene ring substituents is 1. The number of aliphatic carboxylic acids is 1. The molecule has 1 N–H and O–H groups in total. The molecule has 102 valence electrons. The van der Waals surface area contributed by atoms with Crippen LogP contribution in [0.3, 0.4) is 0 Å². The standard InChI is InChI=1S/C13H15NO4S/c15-13(16)11-3-1-2-4-12(11)19-10-7-5-9(6-8-10)14(17)18/h5-8,11-12H,1-4H2,(H,15,16). The first kappa shape index (κ1) is 13.9. The van der Waals surface area contributed by atoms with Gasteiger partial charge in [-0.1, -0.05) is 12.8 Å². The number of benzene rings is 1. The van der Waals surface area contributed by atoms with Gasteiger partial charge in [-0.15, -0.1) is 11.8 Å². The molecule has 1 aliphatic rings. The number of nitro groups is 1. The van der Waals surface area contributed by atoms with Gasteiger partial charge in [-0.05, 0) is 25.0 Å². The third-order valence-electron chi connectivity index (χ3n) is 3.35. The Labute approximate surface area is 115 Å². The number of nitrogens with zero attached hydrogens (tertiary/aromatic N) is 1. The van der Waals surface area contributed by atoms with E-state index in [0.717, 1.165) is 30.6 Å². The Morgan fingerprint density at radius 1 is 1.26 bits per heavy atom. The first-order valence-corrected chi connectivity index (χ1v) is 7.10. The quantitative estimate of drug-likeness (QED) is 0.676. The van der Waals surface area contributed by atoms with Crippen LogP contribution in [0.15, 0.2) is 29.2 Å². The average Bonchev–Trinajstić information content (AvgIpc) is 2.39. The molecule has 6 heteroatoms. The second kappa shape index (κ2) is 6.06. The Bertz CT molecular complexity index is 474. The first-order valence-electron chi connectivity index (χ1n) is 6.22. The molecule has 1 aliphatic carbocycles. The minimum Gasteiger partial charge on any atom is -0.481 e. The lowest BCUT2D eigenvalue weighted by atomic mass is 9.89. The topological polar surface area (TPSA) is 80.4 Å². The maximum atomic E-state index is 11.2. The zero-order valence-electron chi connectivity index (χ0n) is 10.3. The molecule has 1 fully saturated rings. The Balaban J connectivity index is 2.06. The molecule has 19 heavy (non-hydrogen) atoms. The van der Waals surface area contributed by atoms with E-state index >= 15 is 0 Å². The number of rotatable bonds is 4. The van der Waals surface area contributed by atoms with Gasteiger partial charge in [-0.3, -0.25) is 14.9 Å². The minimum absolute atomic E-state index is 0.0581. The van der Waals surface area contributed by atoms with E-state index in [-0.39, 0.29) is 16.9 Å². The first-order chi connectivity index (χ1) is 9.08. The predicted octanol–water partition coefficient (Wildman–Crippen LogP) is 3.33. The van der Waals surface area contributed by atoms with Crippen LogP contribution < -0.4 is 0 Å². The van der Waals surface area contributed by atoms with Gasteiger partial charge in [0.25, 0.3) is 5.69 Å². The summed E-state index contributed by atoms with van der Waals surface area (Å²) in [6, 6.07) is 6.30. The van der Waals surface area contributed by atoms with Gasteiger partial charge >= 0.3 is 5.97 Å². The third kappa shape index (κ3) is 3.47. The number of non-ortho nitro benzene ring substituents is 1. The molecule has 0 spiro atoms. The van der Waals surface area contributed by atoms with Crippen LogP contribution in [0.2, 0.25) is 0 Å². The van der Waals surface area contributed by atoms with Crippen molar-refractivity contribution >= 4 is 23.4 Å². The summed E-state index contributed by atoms with van der Waals surface area (Å²) in [4.78, 5) is 22.2. The van der Waals surface area contributed by atoms with Gasteiger partial charge in [0.15, 0.2) is 0 Å². The molecule has 0 aromatic heterocycles. The highest BCUT2D eigenvalue weighted by Crippen LogP contribution is 2.38. The second-order valence-corrected chi connectivity index (χ2v) is 5.95. The predicted molar refractivity (Wildman–Crippen MR) is 72.3 cm³/mol. The fourth-order valence-electron chi connectivity index (χ4n) is 2.34. The van der Waals surface area contributed by atoms with Crippen molar-refractivity contribution in [2.24, 2.45) is 5.92 Å². The zero-order chi connectivity index (χ0) is 13.8. The van der Waals surface area contributed by atoms with Crippen molar-refractivity contribution in [2.45, 2.75) is 35.8 Å².